The Morgan fingerprint density at radius 3 is 2.50 bits per heavy atom. The van der Waals surface area contributed by atoms with Gasteiger partial charge in [0.05, 0.1) is 5.56 Å². The number of pyridine rings is 1. The Kier molecular flexibility index (Phi) is 3.48. The lowest BCUT2D eigenvalue weighted by atomic mass is 10.1. The number of nitrogens with one attached hydrogen (secondary N) is 1. The zero-order valence-corrected chi connectivity index (χ0v) is 9.88. The summed E-state index contributed by atoms with van der Waals surface area (Å²) in [4.78, 5) is 27.5. The molecule has 0 fully saturated rings. The third-order valence-electron chi connectivity index (χ3n) is 2.54. The Labute approximate surface area is 105 Å². The molecule has 1 aromatic heterocycles. The van der Waals surface area contributed by atoms with Gasteiger partial charge >= 0.3 is 0 Å². The number of imide groups is 1. The van der Waals surface area contributed by atoms with Crippen LogP contribution in [0, 0.1) is 6.92 Å². The van der Waals surface area contributed by atoms with Gasteiger partial charge in [0.15, 0.2) is 0 Å². The number of rotatable bonds is 2. The van der Waals surface area contributed by atoms with Crippen LogP contribution in [0.25, 0.3) is 0 Å². The molecule has 90 valence electrons. The fourth-order valence-electron chi connectivity index (χ4n) is 1.57. The first kappa shape index (κ1) is 12.0. The number of nitrogens with zero attached hydrogens (tertiary/aromatic N) is 1. The maximum Gasteiger partial charge on any atom is 0.259 e. The lowest BCUT2D eigenvalue weighted by molar-refractivity contribution is 0.0849. The molecule has 1 heterocycles. The van der Waals surface area contributed by atoms with Crippen LogP contribution in [0.5, 0.6) is 0 Å². The second-order valence-electron chi connectivity index (χ2n) is 3.84. The Morgan fingerprint density at radius 1 is 1.06 bits per heavy atom. The van der Waals surface area contributed by atoms with Crippen LogP contribution in [0.1, 0.15) is 26.3 Å². The average Bonchev–Trinajstić information content (AvgIpc) is 2.40. The summed E-state index contributed by atoms with van der Waals surface area (Å²) in [6.07, 6.45) is 2.99. The van der Waals surface area contributed by atoms with Crippen LogP contribution in [-0.4, -0.2) is 16.8 Å². The highest BCUT2D eigenvalue weighted by atomic mass is 16.2. The standard InChI is InChI=1S/C14H12N2O2/c1-10-5-2-3-7-12(10)14(18)16-13(17)11-6-4-8-15-9-11/h2-9H,1H3,(H,16,17,18). The molecule has 18 heavy (non-hydrogen) atoms. The number of aromatic nitrogens is 1. The second kappa shape index (κ2) is 5.23. The maximum atomic E-state index is 11.9. The maximum absolute atomic E-state index is 11.9. The Hall–Kier alpha value is -2.49. The molecule has 1 aromatic carbocycles. The van der Waals surface area contributed by atoms with Crippen LogP contribution in [0.3, 0.4) is 0 Å². The smallest absolute Gasteiger partial charge is 0.259 e. The number of hydrogen-bond donors (Lipinski definition) is 1. The predicted molar refractivity (Wildman–Crippen MR) is 67.2 cm³/mol. The number of aryl methyl sites for hydroxylation is 1. The van der Waals surface area contributed by atoms with Crippen LogP contribution >= 0.6 is 0 Å². The summed E-state index contributed by atoms with van der Waals surface area (Å²) in [7, 11) is 0. The summed E-state index contributed by atoms with van der Waals surface area (Å²) < 4.78 is 0. The molecule has 0 unspecified atom stereocenters. The monoisotopic (exact) mass is 240 g/mol. The van der Waals surface area contributed by atoms with Crippen molar-refractivity contribution in [2.24, 2.45) is 0 Å². The van der Waals surface area contributed by atoms with E-state index in [0.29, 0.717) is 11.1 Å². The first-order chi connectivity index (χ1) is 8.68. The quantitative estimate of drug-likeness (QED) is 0.816. The molecule has 0 spiro atoms. The first-order valence-corrected chi connectivity index (χ1v) is 5.50. The van der Waals surface area contributed by atoms with E-state index in [2.05, 4.69) is 10.3 Å². The van der Waals surface area contributed by atoms with Crippen molar-refractivity contribution in [1.82, 2.24) is 10.3 Å². The number of amides is 2. The SMILES string of the molecule is Cc1ccccc1C(=O)NC(=O)c1cccnc1. The number of hydrogen-bond acceptors (Lipinski definition) is 3. The summed E-state index contributed by atoms with van der Waals surface area (Å²) in [5.41, 5.74) is 1.68. The predicted octanol–water partition coefficient (Wildman–Crippen LogP) is 1.96. The third-order valence-corrected chi connectivity index (χ3v) is 2.54. The van der Waals surface area contributed by atoms with E-state index >= 15 is 0 Å². The van der Waals surface area contributed by atoms with Crippen molar-refractivity contribution in [2.75, 3.05) is 0 Å². The molecule has 0 bridgehead atoms. The highest BCUT2D eigenvalue weighted by Crippen LogP contribution is 2.07. The molecule has 0 aliphatic heterocycles. The van der Waals surface area contributed by atoms with Gasteiger partial charge in [0.1, 0.15) is 0 Å². The van der Waals surface area contributed by atoms with Crippen LogP contribution in [0.2, 0.25) is 0 Å². The largest absolute Gasteiger partial charge is 0.288 e. The van der Waals surface area contributed by atoms with Crippen LogP contribution in [0.4, 0.5) is 0 Å². The van der Waals surface area contributed by atoms with Crippen molar-refractivity contribution >= 4 is 11.8 Å². The van der Waals surface area contributed by atoms with E-state index < -0.39 is 11.8 Å². The zero-order chi connectivity index (χ0) is 13.0. The van der Waals surface area contributed by atoms with Crippen molar-refractivity contribution < 1.29 is 9.59 Å². The normalized spacial score (nSPS) is 9.83. The zero-order valence-electron chi connectivity index (χ0n) is 9.88. The summed E-state index contributed by atoms with van der Waals surface area (Å²) in [6.45, 7) is 1.82. The Bertz CT molecular complexity index is 579. The van der Waals surface area contributed by atoms with Crippen molar-refractivity contribution in [3.63, 3.8) is 0 Å². The molecule has 0 atom stereocenters. The van der Waals surface area contributed by atoms with Gasteiger partial charge < -0.3 is 0 Å². The number of carbonyl (C=O) groups excluding carboxylic acids is 2. The Morgan fingerprint density at radius 2 is 1.83 bits per heavy atom. The van der Waals surface area contributed by atoms with E-state index in [0.717, 1.165) is 5.56 Å². The van der Waals surface area contributed by atoms with Gasteiger partial charge in [-0.3, -0.25) is 19.9 Å². The fraction of sp³-hybridized carbons (Fsp3) is 0.0714. The molecule has 0 saturated heterocycles. The van der Waals surface area contributed by atoms with Gasteiger partial charge in [-0.25, -0.2) is 0 Å². The van der Waals surface area contributed by atoms with E-state index in [-0.39, 0.29) is 0 Å². The lowest BCUT2D eigenvalue weighted by Crippen LogP contribution is -2.30. The van der Waals surface area contributed by atoms with Gasteiger partial charge in [0, 0.05) is 18.0 Å². The van der Waals surface area contributed by atoms with Crippen LogP contribution in [0.15, 0.2) is 48.8 Å². The molecular formula is C14H12N2O2. The van der Waals surface area contributed by atoms with E-state index in [1.165, 1.54) is 6.20 Å². The molecule has 2 rings (SSSR count). The van der Waals surface area contributed by atoms with Gasteiger partial charge in [-0.2, -0.15) is 0 Å². The number of benzene rings is 1. The first-order valence-electron chi connectivity index (χ1n) is 5.50. The molecule has 1 N–H and O–H groups in total. The summed E-state index contributed by atoms with van der Waals surface area (Å²) in [5.74, 6) is -0.849. The van der Waals surface area contributed by atoms with Crippen LogP contribution < -0.4 is 5.32 Å². The van der Waals surface area contributed by atoms with Gasteiger partial charge in [-0.15, -0.1) is 0 Å². The minimum Gasteiger partial charge on any atom is -0.288 e. The molecular weight excluding hydrogens is 228 g/mol. The lowest BCUT2D eigenvalue weighted by Gasteiger charge is -2.06. The van der Waals surface area contributed by atoms with E-state index in [4.69, 9.17) is 0 Å². The van der Waals surface area contributed by atoms with Gasteiger partial charge in [0.2, 0.25) is 0 Å². The second-order valence-corrected chi connectivity index (χ2v) is 3.84. The minimum atomic E-state index is -0.448. The molecule has 2 amide bonds. The molecule has 2 aromatic rings. The topological polar surface area (TPSA) is 59.1 Å². The van der Waals surface area contributed by atoms with Crippen molar-refractivity contribution in [2.45, 2.75) is 6.92 Å². The van der Waals surface area contributed by atoms with E-state index in [1.807, 2.05) is 19.1 Å². The van der Waals surface area contributed by atoms with E-state index in [1.54, 1.807) is 30.5 Å². The molecule has 0 aliphatic rings. The summed E-state index contributed by atoms with van der Waals surface area (Å²) in [6, 6.07) is 10.4. The molecule has 0 aliphatic carbocycles. The van der Waals surface area contributed by atoms with Gasteiger partial charge in [-0.05, 0) is 30.7 Å². The van der Waals surface area contributed by atoms with Crippen LogP contribution in [-0.2, 0) is 0 Å². The van der Waals surface area contributed by atoms with E-state index in [9.17, 15) is 9.59 Å². The number of carbonyl (C=O) groups is 2. The molecule has 0 radical (unpaired) electrons. The molecule has 4 nitrogen and oxygen atoms in total. The third kappa shape index (κ3) is 2.60. The fourth-order valence-corrected chi connectivity index (χ4v) is 1.57. The van der Waals surface area contributed by atoms with Crippen molar-refractivity contribution in [3.05, 3.63) is 65.5 Å². The van der Waals surface area contributed by atoms with Crippen molar-refractivity contribution in [3.8, 4) is 0 Å². The highest BCUT2D eigenvalue weighted by molar-refractivity contribution is 6.10. The van der Waals surface area contributed by atoms with Crippen molar-refractivity contribution in [1.29, 1.82) is 0 Å². The molecule has 4 heteroatoms. The van der Waals surface area contributed by atoms with Gasteiger partial charge in [0.25, 0.3) is 11.8 Å². The minimum absolute atomic E-state index is 0.361. The van der Waals surface area contributed by atoms with Gasteiger partial charge in [-0.1, -0.05) is 18.2 Å². The average molecular weight is 240 g/mol. The summed E-state index contributed by atoms with van der Waals surface area (Å²) in [5, 5.41) is 2.34. The highest BCUT2D eigenvalue weighted by Gasteiger charge is 2.13. The summed E-state index contributed by atoms with van der Waals surface area (Å²) >= 11 is 0. The Balaban J connectivity index is 2.14. The molecule has 0 saturated carbocycles.